The molecule has 1 fully saturated rings. The molecule has 1 aliphatic heterocycles. The maximum Gasteiger partial charge on any atom is 0.0414 e. The predicted molar refractivity (Wildman–Crippen MR) is 81.5 cm³/mol. The van der Waals surface area contributed by atoms with E-state index in [0.717, 1.165) is 25.0 Å². The van der Waals surface area contributed by atoms with Crippen LogP contribution in [-0.2, 0) is 6.54 Å². The number of nitrogens with zero attached hydrogens (tertiary/aromatic N) is 1. The van der Waals surface area contributed by atoms with Crippen molar-refractivity contribution in [3.05, 3.63) is 29.8 Å². The monoisotopic (exact) mass is 258 g/mol. The highest BCUT2D eigenvalue weighted by Gasteiger charge is 2.27. The second kappa shape index (κ2) is 5.96. The van der Waals surface area contributed by atoms with Crippen LogP contribution in [0, 0.1) is 5.92 Å². The van der Waals surface area contributed by atoms with Gasteiger partial charge in [-0.3, -0.25) is 0 Å². The van der Waals surface area contributed by atoms with E-state index in [1.54, 1.807) is 0 Å². The summed E-state index contributed by atoms with van der Waals surface area (Å²) in [6, 6.07) is 9.71. The second-order valence-electron chi connectivity index (χ2n) is 6.08. The Kier molecular flexibility index (Phi) is 4.07. The first kappa shape index (κ1) is 13.0. The fourth-order valence-electron chi connectivity index (χ4n) is 3.73. The van der Waals surface area contributed by atoms with Gasteiger partial charge in [-0.1, -0.05) is 31.5 Å². The van der Waals surface area contributed by atoms with Crippen LogP contribution in [0.3, 0.4) is 0 Å². The van der Waals surface area contributed by atoms with Crippen LogP contribution in [0.1, 0.15) is 44.6 Å². The Morgan fingerprint density at radius 1 is 1.16 bits per heavy atom. The molecular weight excluding hydrogens is 232 g/mol. The van der Waals surface area contributed by atoms with Crippen molar-refractivity contribution in [2.75, 3.05) is 18.0 Å². The molecule has 19 heavy (non-hydrogen) atoms. The summed E-state index contributed by atoms with van der Waals surface area (Å²) in [4.78, 5) is 2.68. The zero-order valence-electron chi connectivity index (χ0n) is 12.1. The minimum Gasteiger partial charge on any atom is -0.367 e. The van der Waals surface area contributed by atoms with Gasteiger partial charge >= 0.3 is 0 Å². The Morgan fingerprint density at radius 2 is 1.95 bits per heavy atom. The normalized spacial score (nSPS) is 27.7. The van der Waals surface area contributed by atoms with Crippen molar-refractivity contribution in [2.24, 2.45) is 5.92 Å². The Bertz CT molecular complexity index is 407. The zero-order valence-corrected chi connectivity index (χ0v) is 12.1. The van der Waals surface area contributed by atoms with Crippen molar-refractivity contribution in [1.29, 1.82) is 0 Å². The molecule has 0 radical (unpaired) electrons. The van der Waals surface area contributed by atoms with Crippen LogP contribution < -0.4 is 10.2 Å². The zero-order chi connectivity index (χ0) is 13.1. The van der Waals surface area contributed by atoms with E-state index in [1.165, 1.54) is 49.9 Å². The summed E-state index contributed by atoms with van der Waals surface area (Å²) in [5, 5.41) is 3.55. The van der Waals surface area contributed by atoms with Gasteiger partial charge in [0.2, 0.25) is 0 Å². The Balaban J connectivity index is 1.77. The van der Waals surface area contributed by atoms with Gasteiger partial charge in [-0.2, -0.15) is 0 Å². The largest absolute Gasteiger partial charge is 0.367 e. The summed E-state index contributed by atoms with van der Waals surface area (Å²) < 4.78 is 0. The summed E-state index contributed by atoms with van der Waals surface area (Å²) in [6.07, 6.45) is 6.98. The molecule has 0 spiro atoms. The molecule has 0 amide bonds. The highest BCUT2D eigenvalue weighted by molar-refractivity contribution is 5.55. The number of fused-ring (bicyclic) bond motifs is 1. The molecule has 2 nitrogen and oxygen atoms in total. The average Bonchev–Trinajstić information content (AvgIpc) is 2.70. The van der Waals surface area contributed by atoms with E-state index >= 15 is 0 Å². The van der Waals surface area contributed by atoms with Gasteiger partial charge in [0.1, 0.15) is 0 Å². The van der Waals surface area contributed by atoms with Gasteiger partial charge in [0, 0.05) is 31.4 Å². The van der Waals surface area contributed by atoms with E-state index in [9.17, 15) is 0 Å². The van der Waals surface area contributed by atoms with E-state index in [2.05, 4.69) is 41.4 Å². The standard InChI is InChI=1S/C17H26N2/c1-2-14-7-9-16(10-8-14)19-12-11-18-13-15-5-3-4-6-17(15)19/h3-6,14,16,18H,2,7-13H2,1H3. The van der Waals surface area contributed by atoms with Crippen LogP contribution in [0.25, 0.3) is 0 Å². The van der Waals surface area contributed by atoms with Crippen molar-refractivity contribution in [3.63, 3.8) is 0 Å². The maximum absolute atomic E-state index is 3.55. The van der Waals surface area contributed by atoms with Gasteiger partial charge in [-0.05, 0) is 43.2 Å². The molecule has 104 valence electrons. The maximum atomic E-state index is 3.55. The molecule has 0 bridgehead atoms. The van der Waals surface area contributed by atoms with Crippen molar-refractivity contribution in [2.45, 2.75) is 51.6 Å². The van der Waals surface area contributed by atoms with Gasteiger partial charge in [0.15, 0.2) is 0 Å². The van der Waals surface area contributed by atoms with Crippen LogP contribution in [0.4, 0.5) is 5.69 Å². The number of hydrogen-bond donors (Lipinski definition) is 1. The molecule has 0 aromatic heterocycles. The van der Waals surface area contributed by atoms with Crippen molar-refractivity contribution >= 4 is 5.69 Å². The summed E-state index contributed by atoms with van der Waals surface area (Å²) in [5.41, 5.74) is 2.95. The van der Waals surface area contributed by atoms with Gasteiger partial charge in [-0.15, -0.1) is 0 Å². The van der Waals surface area contributed by atoms with Crippen LogP contribution in [0.2, 0.25) is 0 Å². The lowest BCUT2D eigenvalue weighted by molar-refractivity contribution is 0.308. The van der Waals surface area contributed by atoms with E-state index in [0.29, 0.717) is 0 Å². The Hall–Kier alpha value is -1.02. The highest BCUT2D eigenvalue weighted by Crippen LogP contribution is 2.33. The fourth-order valence-corrected chi connectivity index (χ4v) is 3.73. The van der Waals surface area contributed by atoms with Crippen LogP contribution in [0.15, 0.2) is 24.3 Å². The van der Waals surface area contributed by atoms with Gasteiger partial charge in [0.25, 0.3) is 0 Å². The summed E-state index contributed by atoms with van der Waals surface area (Å²) in [7, 11) is 0. The number of rotatable bonds is 2. The number of hydrogen-bond acceptors (Lipinski definition) is 2. The van der Waals surface area contributed by atoms with E-state index in [-0.39, 0.29) is 0 Å². The molecule has 2 aliphatic rings. The molecule has 1 heterocycles. The van der Waals surface area contributed by atoms with Crippen LogP contribution in [-0.4, -0.2) is 19.1 Å². The van der Waals surface area contributed by atoms with Gasteiger partial charge in [0.05, 0.1) is 0 Å². The molecule has 1 aromatic rings. The van der Waals surface area contributed by atoms with Gasteiger partial charge < -0.3 is 10.2 Å². The third-order valence-electron chi connectivity index (χ3n) is 4.98. The first-order chi connectivity index (χ1) is 9.38. The minimum atomic E-state index is 0.767. The predicted octanol–water partition coefficient (Wildman–Crippen LogP) is 3.57. The van der Waals surface area contributed by atoms with Crippen LogP contribution >= 0.6 is 0 Å². The molecule has 0 atom stereocenters. The number of nitrogens with one attached hydrogen (secondary N) is 1. The highest BCUT2D eigenvalue weighted by atomic mass is 15.2. The van der Waals surface area contributed by atoms with Crippen molar-refractivity contribution in [1.82, 2.24) is 5.32 Å². The third-order valence-corrected chi connectivity index (χ3v) is 4.98. The van der Waals surface area contributed by atoms with E-state index < -0.39 is 0 Å². The fraction of sp³-hybridized carbons (Fsp3) is 0.647. The average molecular weight is 258 g/mol. The number of anilines is 1. The molecule has 0 saturated heterocycles. The van der Waals surface area contributed by atoms with Crippen molar-refractivity contribution < 1.29 is 0 Å². The van der Waals surface area contributed by atoms with E-state index in [1.807, 2.05) is 0 Å². The molecule has 0 unspecified atom stereocenters. The first-order valence-electron chi connectivity index (χ1n) is 7.93. The summed E-state index contributed by atoms with van der Waals surface area (Å²) >= 11 is 0. The molecule has 1 saturated carbocycles. The Labute approximate surface area is 117 Å². The number of para-hydroxylation sites is 1. The molecule has 1 aromatic carbocycles. The number of benzene rings is 1. The molecular formula is C17H26N2. The SMILES string of the molecule is CCC1CCC(N2CCNCc3ccccc32)CC1. The third kappa shape index (κ3) is 2.79. The molecule has 3 rings (SSSR count). The lowest BCUT2D eigenvalue weighted by Gasteiger charge is -2.38. The first-order valence-corrected chi connectivity index (χ1v) is 7.93. The summed E-state index contributed by atoms with van der Waals surface area (Å²) in [5.74, 6) is 0.983. The lowest BCUT2D eigenvalue weighted by Crippen LogP contribution is -2.40. The van der Waals surface area contributed by atoms with E-state index in [4.69, 9.17) is 0 Å². The van der Waals surface area contributed by atoms with Gasteiger partial charge in [-0.25, -0.2) is 0 Å². The summed E-state index contributed by atoms with van der Waals surface area (Å²) in [6.45, 7) is 5.65. The second-order valence-corrected chi connectivity index (χ2v) is 6.08. The van der Waals surface area contributed by atoms with Crippen molar-refractivity contribution in [3.8, 4) is 0 Å². The quantitative estimate of drug-likeness (QED) is 0.872. The molecule has 2 heteroatoms. The minimum absolute atomic E-state index is 0.767. The smallest absolute Gasteiger partial charge is 0.0414 e. The van der Waals surface area contributed by atoms with Crippen LogP contribution in [0.5, 0.6) is 0 Å². The molecule has 1 aliphatic carbocycles. The molecule has 1 N–H and O–H groups in total. The Morgan fingerprint density at radius 3 is 2.74 bits per heavy atom. The lowest BCUT2D eigenvalue weighted by atomic mass is 9.83. The topological polar surface area (TPSA) is 15.3 Å².